The second kappa shape index (κ2) is 3.83. The zero-order valence-electron chi connectivity index (χ0n) is 8.84. The minimum absolute atomic E-state index is 0.923. The Balaban J connectivity index is 1.92. The van der Waals surface area contributed by atoms with Gasteiger partial charge in [0.15, 0.2) is 0 Å². The van der Waals surface area contributed by atoms with Crippen molar-refractivity contribution in [2.75, 3.05) is 13.6 Å². The first-order valence-electron chi connectivity index (χ1n) is 5.61. The molecule has 2 saturated carbocycles. The molecular weight excluding hydrogens is 158 g/mol. The molecule has 0 saturated heterocycles. The fraction of sp³-hybridized carbons (Fsp3) is 0.833. The Kier molecular flexibility index (Phi) is 2.73. The van der Waals surface area contributed by atoms with Gasteiger partial charge in [-0.25, -0.2) is 0 Å². The fourth-order valence-corrected chi connectivity index (χ4v) is 3.20. The van der Waals surface area contributed by atoms with Crippen molar-refractivity contribution in [1.29, 1.82) is 0 Å². The van der Waals surface area contributed by atoms with E-state index in [-0.39, 0.29) is 0 Å². The summed E-state index contributed by atoms with van der Waals surface area (Å²) in [4.78, 5) is 0. The molecule has 0 aromatic rings. The Labute approximate surface area is 81.6 Å². The van der Waals surface area contributed by atoms with Gasteiger partial charge in [-0.1, -0.05) is 18.1 Å². The Morgan fingerprint density at radius 3 is 2.77 bits per heavy atom. The SMILES string of the molecule is CNC/C(C)=C/C1CC2CCC1C2. The van der Waals surface area contributed by atoms with Crippen LogP contribution in [0.4, 0.5) is 0 Å². The van der Waals surface area contributed by atoms with Crippen LogP contribution in [-0.4, -0.2) is 13.6 Å². The van der Waals surface area contributed by atoms with Crippen molar-refractivity contribution in [3.8, 4) is 0 Å². The van der Waals surface area contributed by atoms with Crippen LogP contribution in [0.25, 0.3) is 0 Å². The lowest BCUT2D eigenvalue weighted by atomic mass is 9.87. The van der Waals surface area contributed by atoms with Gasteiger partial charge in [-0.05, 0) is 51.0 Å². The molecular formula is C12H21N. The van der Waals surface area contributed by atoms with E-state index in [9.17, 15) is 0 Å². The van der Waals surface area contributed by atoms with Gasteiger partial charge in [-0.3, -0.25) is 0 Å². The van der Waals surface area contributed by atoms with Gasteiger partial charge in [0.25, 0.3) is 0 Å². The van der Waals surface area contributed by atoms with E-state index in [2.05, 4.69) is 18.3 Å². The van der Waals surface area contributed by atoms with Crippen LogP contribution in [0.15, 0.2) is 11.6 Å². The summed E-state index contributed by atoms with van der Waals surface area (Å²) >= 11 is 0. The minimum Gasteiger partial charge on any atom is -0.316 e. The summed E-state index contributed by atoms with van der Waals surface area (Å²) in [6.07, 6.45) is 8.54. The number of hydrogen-bond acceptors (Lipinski definition) is 1. The third-order valence-corrected chi connectivity index (χ3v) is 3.75. The third kappa shape index (κ3) is 1.96. The highest BCUT2D eigenvalue weighted by Crippen LogP contribution is 2.48. The lowest BCUT2D eigenvalue weighted by molar-refractivity contribution is 0.393. The predicted octanol–water partition coefficient (Wildman–Crippen LogP) is 2.59. The smallest absolute Gasteiger partial charge is 0.0158 e. The van der Waals surface area contributed by atoms with Crippen LogP contribution in [0.2, 0.25) is 0 Å². The predicted molar refractivity (Wildman–Crippen MR) is 56.6 cm³/mol. The molecule has 13 heavy (non-hydrogen) atoms. The van der Waals surface area contributed by atoms with Crippen LogP contribution >= 0.6 is 0 Å². The van der Waals surface area contributed by atoms with Gasteiger partial charge in [0.1, 0.15) is 0 Å². The van der Waals surface area contributed by atoms with Crippen LogP contribution in [0.1, 0.15) is 32.6 Å². The van der Waals surface area contributed by atoms with Crippen molar-refractivity contribution in [3.05, 3.63) is 11.6 Å². The fourth-order valence-electron chi connectivity index (χ4n) is 3.20. The largest absolute Gasteiger partial charge is 0.316 e. The Morgan fingerprint density at radius 1 is 1.38 bits per heavy atom. The lowest BCUT2D eigenvalue weighted by Crippen LogP contribution is -2.12. The van der Waals surface area contributed by atoms with E-state index in [1.54, 1.807) is 0 Å². The van der Waals surface area contributed by atoms with Gasteiger partial charge in [0.05, 0.1) is 0 Å². The van der Waals surface area contributed by atoms with Crippen LogP contribution < -0.4 is 5.32 Å². The van der Waals surface area contributed by atoms with E-state index in [0.717, 1.165) is 24.3 Å². The van der Waals surface area contributed by atoms with Gasteiger partial charge >= 0.3 is 0 Å². The topological polar surface area (TPSA) is 12.0 Å². The van der Waals surface area contributed by atoms with E-state index >= 15 is 0 Å². The summed E-state index contributed by atoms with van der Waals surface area (Å²) in [5.74, 6) is 3.04. The quantitative estimate of drug-likeness (QED) is 0.657. The van der Waals surface area contributed by atoms with Gasteiger partial charge < -0.3 is 5.32 Å². The van der Waals surface area contributed by atoms with Gasteiger partial charge in [0.2, 0.25) is 0 Å². The molecule has 3 unspecified atom stereocenters. The molecule has 3 atom stereocenters. The van der Waals surface area contributed by atoms with Crippen molar-refractivity contribution >= 4 is 0 Å². The summed E-state index contributed by atoms with van der Waals surface area (Å²) in [5, 5.41) is 3.22. The molecule has 2 aliphatic carbocycles. The summed E-state index contributed by atoms with van der Waals surface area (Å²) < 4.78 is 0. The van der Waals surface area contributed by atoms with Crippen LogP contribution in [0.5, 0.6) is 0 Å². The van der Waals surface area contributed by atoms with Gasteiger partial charge in [-0.2, -0.15) is 0 Å². The molecule has 74 valence electrons. The molecule has 0 aromatic heterocycles. The Bertz CT molecular complexity index is 207. The summed E-state index contributed by atoms with van der Waals surface area (Å²) in [6, 6.07) is 0. The molecule has 0 aliphatic heterocycles. The normalized spacial score (nSPS) is 38.6. The maximum atomic E-state index is 3.22. The highest BCUT2D eigenvalue weighted by Gasteiger charge is 2.38. The average Bonchev–Trinajstić information content (AvgIpc) is 2.65. The van der Waals surface area contributed by atoms with Crippen LogP contribution in [-0.2, 0) is 0 Å². The van der Waals surface area contributed by atoms with Crippen molar-refractivity contribution < 1.29 is 0 Å². The Morgan fingerprint density at radius 2 is 2.23 bits per heavy atom. The van der Waals surface area contributed by atoms with Crippen molar-refractivity contribution in [3.63, 3.8) is 0 Å². The van der Waals surface area contributed by atoms with E-state index in [1.807, 2.05) is 7.05 Å². The molecule has 0 aromatic carbocycles. The molecule has 2 aliphatic rings. The number of rotatable bonds is 3. The standard InChI is InChI=1S/C12H21N/c1-9(8-13-2)5-12-7-10-3-4-11(12)6-10/h5,10-13H,3-4,6-8H2,1-2H3/b9-5+. The highest BCUT2D eigenvalue weighted by atomic mass is 14.8. The molecule has 2 bridgehead atoms. The maximum absolute atomic E-state index is 3.22. The molecule has 2 rings (SSSR count). The molecule has 0 radical (unpaired) electrons. The third-order valence-electron chi connectivity index (χ3n) is 3.75. The number of hydrogen-bond donors (Lipinski definition) is 1. The lowest BCUT2D eigenvalue weighted by Gasteiger charge is -2.18. The molecule has 0 heterocycles. The van der Waals surface area contributed by atoms with Crippen LogP contribution in [0, 0.1) is 17.8 Å². The second-order valence-electron chi connectivity index (χ2n) is 4.88. The number of fused-ring (bicyclic) bond motifs is 2. The minimum atomic E-state index is 0.923. The monoisotopic (exact) mass is 179 g/mol. The molecule has 1 heteroatoms. The van der Waals surface area contributed by atoms with E-state index in [0.29, 0.717) is 0 Å². The van der Waals surface area contributed by atoms with Crippen molar-refractivity contribution in [2.24, 2.45) is 17.8 Å². The van der Waals surface area contributed by atoms with Gasteiger partial charge in [0, 0.05) is 6.54 Å². The summed E-state index contributed by atoms with van der Waals surface area (Å²) in [5.41, 5.74) is 1.53. The number of allylic oxidation sites excluding steroid dienone is 1. The molecule has 2 fully saturated rings. The average molecular weight is 179 g/mol. The zero-order valence-corrected chi connectivity index (χ0v) is 8.84. The Hall–Kier alpha value is -0.300. The zero-order chi connectivity index (χ0) is 9.26. The summed E-state index contributed by atoms with van der Waals surface area (Å²) in [6.45, 7) is 3.32. The van der Waals surface area contributed by atoms with E-state index in [4.69, 9.17) is 0 Å². The number of nitrogens with one attached hydrogen (secondary N) is 1. The van der Waals surface area contributed by atoms with E-state index < -0.39 is 0 Å². The molecule has 0 spiro atoms. The second-order valence-corrected chi connectivity index (χ2v) is 4.88. The van der Waals surface area contributed by atoms with Crippen molar-refractivity contribution in [2.45, 2.75) is 32.6 Å². The number of likely N-dealkylation sites (N-methyl/N-ethyl adjacent to an activating group) is 1. The molecule has 1 nitrogen and oxygen atoms in total. The maximum Gasteiger partial charge on any atom is 0.0158 e. The molecule has 0 amide bonds. The highest BCUT2D eigenvalue weighted by molar-refractivity contribution is 5.08. The van der Waals surface area contributed by atoms with E-state index in [1.165, 1.54) is 31.3 Å². The first-order valence-corrected chi connectivity index (χ1v) is 5.61. The van der Waals surface area contributed by atoms with Crippen molar-refractivity contribution in [1.82, 2.24) is 5.32 Å². The van der Waals surface area contributed by atoms with Gasteiger partial charge in [-0.15, -0.1) is 0 Å². The summed E-state index contributed by atoms with van der Waals surface area (Å²) in [7, 11) is 2.03. The molecule has 1 N–H and O–H groups in total. The van der Waals surface area contributed by atoms with Crippen LogP contribution in [0.3, 0.4) is 0 Å². The first-order chi connectivity index (χ1) is 6.29. The first kappa shape index (κ1) is 9.26.